The summed E-state index contributed by atoms with van der Waals surface area (Å²) in [6.07, 6.45) is 0.871. The molecule has 0 spiro atoms. The number of benzene rings is 1. The van der Waals surface area contributed by atoms with Crippen LogP contribution in [0.3, 0.4) is 0 Å². The monoisotopic (exact) mass is 293 g/mol. The maximum absolute atomic E-state index is 11.9. The number of carbonyl (C=O) groups excluding carboxylic acids is 2. The molecule has 0 aromatic heterocycles. The van der Waals surface area contributed by atoms with Gasteiger partial charge in [0.25, 0.3) is 0 Å². The van der Waals surface area contributed by atoms with E-state index in [9.17, 15) is 9.59 Å². The Kier molecular flexibility index (Phi) is 6.02. The van der Waals surface area contributed by atoms with Gasteiger partial charge in [-0.2, -0.15) is 0 Å². The lowest BCUT2D eigenvalue weighted by Crippen LogP contribution is -2.21. The molecule has 1 aromatic carbocycles. The standard InChI is InChI=1S/C15H23N3O3/c1-17(2)13-8-7-11(10-12(13)16)15(20)21-9-5-6-14(19)18(3)4/h7-8,10H,5-6,9,16H2,1-4H3. The summed E-state index contributed by atoms with van der Waals surface area (Å²) in [5, 5.41) is 0. The third kappa shape index (κ3) is 4.98. The predicted octanol–water partition coefficient (Wildman–Crippen LogP) is 1.36. The van der Waals surface area contributed by atoms with Crippen LogP contribution in [0.15, 0.2) is 18.2 Å². The minimum Gasteiger partial charge on any atom is -0.462 e. The summed E-state index contributed by atoms with van der Waals surface area (Å²) in [5.74, 6) is -0.407. The van der Waals surface area contributed by atoms with E-state index < -0.39 is 5.97 Å². The van der Waals surface area contributed by atoms with E-state index >= 15 is 0 Å². The number of amides is 1. The van der Waals surface area contributed by atoms with E-state index in [1.165, 1.54) is 4.90 Å². The van der Waals surface area contributed by atoms with Gasteiger partial charge in [-0.1, -0.05) is 0 Å². The Morgan fingerprint density at radius 3 is 2.38 bits per heavy atom. The molecule has 21 heavy (non-hydrogen) atoms. The number of rotatable bonds is 6. The molecule has 0 saturated heterocycles. The Hall–Kier alpha value is -2.24. The highest BCUT2D eigenvalue weighted by Gasteiger charge is 2.11. The average Bonchev–Trinajstić information content (AvgIpc) is 2.42. The zero-order valence-electron chi connectivity index (χ0n) is 13.0. The SMILES string of the molecule is CN(C)C(=O)CCCOC(=O)c1ccc(N(C)C)c(N)c1. The molecular weight excluding hydrogens is 270 g/mol. The molecule has 6 heteroatoms. The summed E-state index contributed by atoms with van der Waals surface area (Å²) < 4.78 is 5.13. The van der Waals surface area contributed by atoms with Crippen LogP contribution in [0.25, 0.3) is 0 Å². The second-order valence-corrected chi connectivity index (χ2v) is 5.20. The molecule has 116 valence electrons. The van der Waals surface area contributed by atoms with Gasteiger partial charge in [0.05, 0.1) is 23.5 Å². The zero-order chi connectivity index (χ0) is 16.0. The van der Waals surface area contributed by atoms with Crippen LogP contribution in [0.4, 0.5) is 11.4 Å². The van der Waals surface area contributed by atoms with Gasteiger partial charge < -0.3 is 20.3 Å². The molecule has 0 radical (unpaired) electrons. The van der Waals surface area contributed by atoms with Crippen LogP contribution in [0.1, 0.15) is 23.2 Å². The van der Waals surface area contributed by atoms with E-state index in [1.54, 1.807) is 32.3 Å². The minimum atomic E-state index is -0.427. The third-order valence-corrected chi connectivity index (χ3v) is 3.01. The quantitative estimate of drug-likeness (QED) is 0.487. The van der Waals surface area contributed by atoms with Crippen molar-refractivity contribution in [3.05, 3.63) is 23.8 Å². The summed E-state index contributed by atoms with van der Waals surface area (Å²) >= 11 is 0. The number of carbonyl (C=O) groups is 2. The molecule has 0 aliphatic heterocycles. The molecule has 2 N–H and O–H groups in total. The molecule has 0 heterocycles. The van der Waals surface area contributed by atoms with Crippen LogP contribution in [0.5, 0.6) is 0 Å². The third-order valence-electron chi connectivity index (χ3n) is 3.01. The Morgan fingerprint density at radius 2 is 1.86 bits per heavy atom. The van der Waals surface area contributed by atoms with Crippen LogP contribution >= 0.6 is 0 Å². The molecule has 0 aliphatic carbocycles. The summed E-state index contributed by atoms with van der Waals surface area (Å²) in [5.41, 5.74) is 7.68. The number of nitrogens with zero attached hydrogens (tertiary/aromatic N) is 2. The van der Waals surface area contributed by atoms with Crippen molar-refractivity contribution in [2.24, 2.45) is 0 Å². The highest BCUT2D eigenvalue weighted by atomic mass is 16.5. The lowest BCUT2D eigenvalue weighted by Gasteiger charge is -2.15. The van der Waals surface area contributed by atoms with E-state index in [-0.39, 0.29) is 12.5 Å². The van der Waals surface area contributed by atoms with Crippen molar-refractivity contribution in [1.82, 2.24) is 4.90 Å². The van der Waals surface area contributed by atoms with Gasteiger partial charge in [-0.15, -0.1) is 0 Å². The van der Waals surface area contributed by atoms with Crippen LogP contribution in [0, 0.1) is 0 Å². The first-order chi connectivity index (χ1) is 9.82. The normalized spacial score (nSPS) is 10.1. The Labute approximate surface area is 125 Å². The molecule has 0 saturated carbocycles. The van der Waals surface area contributed by atoms with E-state index in [4.69, 9.17) is 10.5 Å². The molecule has 1 aromatic rings. The van der Waals surface area contributed by atoms with Gasteiger partial charge in [0.15, 0.2) is 0 Å². The number of nitrogen functional groups attached to an aromatic ring is 1. The number of nitrogens with two attached hydrogens (primary N) is 1. The largest absolute Gasteiger partial charge is 0.462 e. The smallest absolute Gasteiger partial charge is 0.338 e. The van der Waals surface area contributed by atoms with Crippen molar-refractivity contribution in [3.8, 4) is 0 Å². The summed E-state index contributed by atoms with van der Waals surface area (Å²) in [7, 11) is 7.16. The van der Waals surface area contributed by atoms with Crippen molar-refractivity contribution in [1.29, 1.82) is 0 Å². The summed E-state index contributed by atoms with van der Waals surface area (Å²) in [6.45, 7) is 0.216. The topological polar surface area (TPSA) is 75.9 Å². The van der Waals surface area contributed by atoms with Crippen LogP contribution < -0.4 is 10.6 Å². The van der Waals surface area contributed by atoms with Gasteiger partial charge in [0.2, 0.25) is 5.91 Å². The number of esters is 1. The zero-order valence-corrected chi connectivity index (χ0v) is 13.0. The molecule has 1 rings (SSSR count). The maximum Gasteiger partial charge on any atom is 0.338 e. The predicted molar refractivity (Wildman–Crippen MR) is 83.4 cm³/mol. The summed E-state index contributed by atoms with van der Waals surface area (Å²) in [6, 6.07) is 5.06. The number of hydrogen-bond acceptors (Lipinski definition) is 5. The van der Waals surface area contributed by atoms with Crippen LogP contribution in [-0.2, 0) is 9.53 Å². The second-order valence-electron chi connectivity index (χ2n) is 5.20. The highest BCUT2D eigenvalue weighted by molar-refractivity contribution is 5.92. The Bertz CT molecular complexity index is 513. The van der Waals surface area contributed by atoms with Crippen molar-refractivity contribution in [2.75, 3.05) is 45.4 Å². The fraction of sp³-hybridized carbons (Fsp3) is 0.467. The van der Waals surface area contributed by atoms with Gasteiger partial charge in [-0.25, -0.2) is 4.79 Å². The van der Waals surface area contributed by atoms with Crippen LogP contribution in [0.2, 0.25) is 0 Å². The number of hydrogen-bond donors (Lipinski definition) is 1. The fourth-order valence-corrected chi connectivity index (χ4v) is 1.78. The minimum absolute atomic E-state index is 0.0191. The van der Waals surface area contributed by atoms with Gasteiger partial charge in [-0.05, 0) is 24.6 Å². The van der Waals surface area contributed by atoms with E-state index in [0.29, 0.717) is 24.1 Å². The molecule has 0 unspecified atom stereocenters. The number of anilines is 2. The van der Waals surface area contributed by atoms with Crippen molar-refractivity contribution < 1.29 is 14.3 Å². The molecule has 0 fully saturated rings. The van der Waals surface area contributed by atoms with Gasteiger partial charge >= 0.3 is 5.97 Å². The first kappa shape index (κ1) is 16.8. The first-order valence-electron chi connectivity index (χ1n) is 6.77. The van der Waals surface area contributed by atoms with Crippen LogP contribution in [-0.4, -0.2) is 51.6 Å². The molecule has 0 atom stereocenters. The molecule has 0 bridgehead atoms. The molecule has 1 amide bonds. The average molecular weight is 293 g/mol. The first-order valence-corrected chi connectivity index (χ1v) is 6.77. The highest BCUT2D eigenvalue weighted by Crippen LogP contribution is 2.22. The Morgan fingerprint density at radius 1 is 1.19 bits per heavy atom. The van der Waals surface area contributed by atoms with Gasteiger partial charge in [-0.3, -0.25) is 4.79 Å². The van der Waals surface area contributed by atoms with Gasteiger partial charge in [0, 0.05) is 34.6 Å². The fourth-order valence-electron chi connectivity index (χ4n) is 1.78. The van der Waals surface area contributed by atoms with Crippen molar-refractivity contribution in [2.45, 2.75) is 12.8 Å². The van der Waals surface area contributed by atoms with E-state index in [0.717, 1.165) is 5.69 Å². The molecule has 0 aliphatic rings. The molecular formula is C15H23N3O3. The Balaban J connectivity index is 2.49. The maximum atomic E-state index is 11.9. The lowest BCUT2D eigenvalue weighted by molar-refractivity contribution is -0.128. The summed E-state index contributed by atoms with van der Waals surface area (Å²) in [4.78, 5) is 26.6. The van der Waals surface area contributed by atoms with E-state index in [1.807, 2.05) is 19.0 Å². The van der Waals surface area contributed by atoms with E-state index in [2.05, 4.69) is 0 Å². The lowest BCUT2D eigenvalue weighted by atomic mass is 10.1. The molecule has 6 nitrogen and oxygen atoms in total. The van der Waals surface area contributed by atoms with Crippen molar-refractivity contribution >= 4 is 23.3 Å². The number of ether oxygens (including phenoxy) is 1. The van der Waals surface area contributed by atoms with Gasteiger partial charge in [0.1, 0.15) is 0 Å². The second kappa shape index (κ2) is 7.52. The van der Waals surface area contributed by atoms with Crippen molar-refractivity contribution in [3.63, 3.8) is 0 Å².